The minimum absolute atomic E-state index is 0.00711. The van der Waals surface area contributed by atoms with Crippen LogP contribution in [-0.4, -0.2) is 33.7 Å². The number of benzene rings is 1. The number of aliphatic hydroxyl groups is 1. The maximum absolute atomic E-state index is 12.1. The number of hydrogen-bond donors (Lipinski definition) is 1. The van der Waals surface area contributed by atoms with Gasteiger partial charge < -0.3 is 14.6 Å². The number of aliphatic hydroxyl groups excluding tert-OH is 1. The molecule has 0 saturated carbocycles. The second-order valence-electron chi connectivity index (χ2n) is 4.83. The highest BCUT2D eigenvalue weighted by molar-refractivity contribution is 6.33. The van der Waals surface area contributed by atoms with Crippen LogP contribution in [-0.2, 0) is 4.79 Å². The summed E-state index contributed by atoms with van der Waals surface area (Å²) in [6.45, 7) is 0.528. The number of para-hydroxylation sites is 1. The number of rotatable bonds is 3. The van der Waals surface area contributed by atoms with E-state index in [0.29, 0.717) is 18.0 Å². The van der Waals surface area contributed by atoms with E-state index in [4.69, 9.17) is 11.6 Å². The molecule has 0 radical (unpaired) electrons. The molecule has 1 amide bonds. The summed E-state index contributed by atoms with van der Waals surface area (Å²) >= 11 is 6.28. The minimum Gasteiger partial charge on any atom is -0.396 e. The fourth-order valence-corrected chi connectivity index (χ4v) is 2.77. The van der Waals surface area contributed by atoms with Crippen molar-refractivity contribution >= 4 is 23.2 Å². The molecule has 3 rings (SSSR count). The van der Waals surface area contributed by atoms with E-state index >= 15 is 0 Å². The Labute approximate surface area is 121 Å². The Morgan fingerprint density at radius 2 is 2.30 bits per heavy atom. The summed E-state index contributed by atoms with van der Waals surface area (Å²) in [6.07, 6.45) is 5.46. The van der Waals surface area contributed by atoms with Crippen molar-refractivity contribution in [3.63, 3.8) is 0 Å². The topological polar surface area (TPSA) is 58.4 Å². The van der Waals surface area contributed by atoms with Crippen LogP contribution >= 0.6 is 11.6 Å². The van der Waals surface area contributed by atoms with Gasteiger partial charge in [-0.2, -0.15) is 0 Å². The zero-order valence-corrected chi connectivity index (χ0v) is 11.5. The van der Waals surface area contributed by atoms with E-state index < -0.39 is 0 Å². The smallest absolute Gasteiger partial charge is 0.227 e. The third-order valence-corrected chi connectivity index (χ3v) is 3.79. The summed E-state index contributed by atoms with van der Waals surface area (Å²) in [5.41, 5.74) is 1.48. The van der Waals surface area contributed by atoms with E-state index in [1.807, 2.05) is 12.1 Å². The molecule has 2 aromatic rings. The molecule has 104 valence electrons. The summed E-state index contributed by atoms with van der Waals surface area (Å²) < 4.78 is 1.79. The standard InChI is InChI=1S/C14H14ClN3O2/c15-11-2-1-3-12(14(11)17-5-4-16-9-17)18-7-10(8-19)6-13(18)20/h1-5,9-10,19H,6-8H2. The zero-order valence-electron chi connectivity index (χ0n) is 10.7. The molecule has 1 atom stereocenters. The quantitative estimate of drug-likeness (QED) is 0.939. The van der Waals surface area contributed by atoms with Crippen LogP contribution in [0, 0.1) is 5.92 Å². The highest BCUT2D eigenvalue weighted by atomic mass is 35.5. The van der Waals surface area contributed by atoms with Gasteiger partial charge in [0.1, 0.15) is 0 Å². The first kappa shape index (κ1) is 13.1. The van der Waals surface area contributed by atoms with Crippen molar-refractivity contribution in [3.05, 3.63) is 41.9 Å². The van der Waals surface area contributed by atoms with Crippen molar-refractivity contribution < 1.29 is 9.90 Å². The fraction of sp³-hybridized carbons (Fsp3) is 0.286. The van der Waals surface area contributed by atoms with Crippen LogP contribution < -0.4 is 4.90 Å². The summed E-state index contributed by atoms with van der Waals surface area (Å²) in [5, 5.41) is 9.79. The van der Waals surface area contributed by atoms with E-state index in [2.05, 4.69) is 4.98 Å². The minimum atomic E-state index is -0.0166. The molecule has 1 aromatic heterocycles. The predicted molar refractivity (Wildman–Crippen MR) is 76.1 cm³/mol. The lowest BCUT2D eigenvalue weighted by molar-refractivity contribution is -0.117. The van der Waals surface area contributed by atoms with Crippen molar-refractivity contribution in [2.45, 2.75) is 6.42 Å². The van der Waals surface area contributed by atoms with Gasteiger partial charge in [0.05, 0.1) is 22.7 Å². The van der Waals surface area contributed by atoms with Crippen molar-refractivity contribution in [2.24, 2.45) is 5.92 Å². The molecule has 0 spiro atoms. The van der Waals surface area contributed by atoms with E-state index in [-0.39, 0.29) is 18.4 Å². The van der Waals surface area contributed by atoms with E-state index in [9.17, 15) is 9.90 Å². The number of carbonyl (C=O) groups excluding carboxylic acids is 1. The maximum Gasteiger partial charge on any atom is 0.227 e. The molecule has 1 saturated heterocycles. The number of halogens is 1. The molecule has 0 aliphatic carbocycles. The van der Waals surface area contributed by atoms with Crippen molar-refractivity contribution in [1.82, 2.24) is 9.55 Å². The number of amides is 1. The number of imidazole rings is 1. The molecule has 0 bridgehead atoms. The molecule has 20 heavy (non-hydrogen) atoms. The highest BCUT2D eigenvalue weighted by Crippen LogP contribution is 2.34. The number of carbonyl (C=O) groups is 1. The SMILES string of the molecule is O=C1CC(CO)CN1c1cccc(Cl)c1-n1ccnc1. The largest absolute Gasteiger partial charge is 0.396 e. The number of aromatic nitrogens is 2. The van der Waals surface area contributed by atoms with Crippen LogP contribution in [0.4, 0.5) is 5.69 Å². The van der Waals surface area contributed by atoms with E-state index in [0.717, 1.165) is 11.4 Å². The van der Waals surface area contributed by atoms with Gasteiger partial charge >= 0.3 is 0 Å². The van der Waals surface area contributed by atoms with Crippen LogP contribution in [0.15, 0.2) is 36.9 Å². The van der Waals surface area contributed by atoms with Gasteiger partial charge in [0.2, 0.25) is 5.91 Å². The van der Waals surface area contributed by atoms with Crippen molar-refractivity contribution in [2.75, 3.05) is 18.1 Å². The molecule has 2 heterocycles. The first-order valence-corrected chi connectivity index (χ1v) is 6.76. The zero-order chi connectivity index (χ0) is 14.1. The van der Waals surface area contributed by atoms with Crippen molar-refractivity contribution in [1.29, 1.82) is 0 Å². The summed E-state index contributed by atoms with van der Waals surface area (Å²) in [7, 11) is 0. The monoisotopic (exact) mass is 291 g/mol. The summed E-state index contributed by atoms with van der Waals surface area (Å²) in [4.78, 5) is 17.8. The fourth-order valence-electron chi connectivity index (χ4n) is 2.51. The lowest BCUT2D eigenvalue weighted by atomic mass is 10.1. The van der Waals surface area contributed by atoms with Gasteiger partial charge in [0.15, 0.2) is 0 Å². The van der Waals surface area contributed by atoms with E-state index in [1.165, 1.54) is 0 Å². The Bertz CT molecular complexity index is 627. The number of anilines is 1. The summed E-state index contributed by atoms with van der Waals surface area (Å²) in [5.74, 6) is -0.00944. The first-order chi connectivity index (χ1) is 9.70. The van der Waals surface area contributed by atoms with Crippen LogP contribution in [0.5, 0.6) is 0 Å². The first-order valence-electron chi connectivity index (χ1n) is 6.38. The second kappa shape index (κ2) is 5.26. The summed E-state index contributed by atoms with van der Waals surface area (Å²) in [6, 6.07) is 5.46. The molecule has 6 heteroatoms. The van der Waals surface area contributed by atoms with Crippen LogP contribution in [0.2, 0.25) is 5.02 Å². The maximum atomic E-state index is 12.1. The Hall–Kier alpha value is -1.85. The Kier molecular flexibility index (Phi) is 3.46. The highest BCUT2D eigenvalue weighted by Gasteiger charge is 2.32. The van der Waals surface area contributed by atoms with Crippen LogP contribution in [0.1, 0.15) is 6.42 Å². The van der Waals surface area contributed by atoms with Crippen molar-refractivity contribution in [3.8, 4) is 5.69 Å². The Morgan fingerprint density at radius 3 is 2.95 bits per heavy atom. The molecule has 1 N–H and O–H groups in total. The molecule has 1 aromatic carbocycles. The normalized spacial score (nSPS) is 18.8. The second-order valence-corrected chi connectivity index (χ2v) is 5.24. The average molecular weight is 292 g/mol. The van der Waals surface area contributed by atoms with Gasteiger partial charge in [-0.25, -0.2) is 4.98 Å². The van der Waals surface area contributed by atoms with Gasteiger partial charge in [-0.15, -0.1) is 0 Å². The molecule has 1 aliphatic heterocycles. The average Bonchev–Trinajstić information content (AvgIpc) is 3.07. The van der Waals surface area contributed by atoms with Gasteiger partial charge in [-0.1, -0.05) is 17.7 Å². The van der Waals surface area contributed by atoms with Crippen LogP contribution in [0.3, 0.4) is 0 Å². The van der Waals surface area contributed by atoms with Crippen LogP contribution in [0.25, 0.3) is 5.69 Å². The third kappa shape index (κ3) is 2.19. The van der Waals surface area contributed by atoms with E-state index in [1.54, 1.807) is 34.3 Å². The molecular weight excluding hydrogens is 278 g/mol. The number of hydrogen-bond acceptors (Lipinski definition) is 3. The number of nitrogens with zero attached hydrogens (tertiary/aromatic N) is 3. The lowest BCUT2D eigenvalue weighted by Gasteiger charge is -2.21. The van der Waals surface area contributed by atoms with Gasteiger partial charge in [-0.3, -0.25) is 4.79 Å². The Balaban J connectivity index is 2.06. The molecule has 1 unspecified atom stereocenters. The third-order valence-electron chi connectivity index (χ3n) is 3.48. The molecule has 1 aliphatic rings. The van der Waals surface area contributed by atoms with Gasteiger partial charge in [0.25, 0.3) is 0 Å². The Morgan fingerprint density at radius 1 is 1.45 bits per heavy atom. The molecule has 1 fully saturated rings. The van der Waals surface area contributed by atoms with Gasteiger partial charge in [-0.05, 0) is 12.1 Å². The molecule has 5 nitrogen and oxygen atoms in total. The lowest BCUT2D eigenvalue weighted by Crippen LogP contribution is -2.26. The molecular formula is C14H14ClN3O2. The van der Waals surface area contributed by atoms with Gasteiger partial charge in [0, 0.05) is 37.9 Å². The predicted octanol–water partition coefficient (Wildman–Crippen LogP) is 1.87.